The molecule has 1 saturated heterocycles. The van der Waals surface area contributed by atoms with Gasteiger partial charge in [0.2, 0.25) is 0 Å². The van der Waals surface area contributed by atoms with Crippen LogP contribution in [-0.4, -0.2) is 69.0 Å². The average Bonchev–Trinajstić information content (AvgIpc) is 2.46. The first kappa shape index (κ1) is 24.0. The molecule has 0 saturated carbocycles. The predicted molar refractivity (Wildman–Crippen MR) is 87.8 cm³/mol. The molecule has 2 amide bonds. The molecule has 24 heavy (non-hydrogen) atoms. The molecule has 1 radical (unpaired) electrons. The van der Waals surface area contributed by atoms with Crippen molar-refractivity contribution >= 4 is 21.7 Å². The molecule has 0 bridgehead atoms. The van der Waals surface area contributed by atoms with Crippen LogP contribution in [-0.2, 0) is 52.1 Å². The third-order valence-corrected chi connectivity index (χ3v) is 5.41. The van der Waals surface area contributed by atoms with Crippen LogP contribution in [0.15, 0.2) is 0 Å². The van der Waals surface area contributed by atoms with Gasteiger partial charge in [0.05, 0.1) is 24.7 Å². The van der Waals surface area contributed by atoms with Crippen LogP contribution in [0, 0.1) is 12.3 Å². The number of urea groups is 1. The zero-order chi connectivity index (χ0) is 17.5. The minimum absolute atomic E-state index is 0. The van der Waals surface area contributed by atoms with Crippen molar-refractivity contribution in [2.75, 3.05) is 37.8 Å². The number of morpholine rings is 1. The number of carbonyl (C=O) groups is 2. The minimum atomic E-state index is -3.41. The summed E-state index contributed by atoms with van der Waals surface area (Å²) in [5.74, 6) is -0.668. The van der Waals surface area contributed by atoms with E-state index in [1.165, 1.54) is 4.90 Å². The molecule has 1 N–H and O–H groups in total. The minimum Gasteiger partial charge on any atom is -0.378 e. The second-order valence-electron chi connectivity index (χ2n) is 6.15. The summed E-state index contributed by atoms with van der Waals surface area (Å²) in [6.07, 6.45) is 1.79. The van der Waals surface area contributed by atoms with Crippen LogP contribution < -0.4 is 5.32 Å². The van der Waals surface area contributed by atoms with Gasteiger partial charge >= 0.3 is 6.03 Å². The summed E-state index contributed by atoms with van der Waals surface area (Å²) in [4.78, 5) is 25.9. The standard InChI is InChI=1S/C15H27N2O5S.Y/c1-4-5-14(18)13(11-23(20,21)10-12(2)3)16-15(19)17-6-8-22-9-7-17;/h4,12-13H,5-11H2,1-3H3,(H,16,19);/q-1;/t13-;/m0./s1. The molecule has 137 valence electrons. The molecule has 0 aromatic heterocycles. The number of sulfone groups is 1. The Morgan fingerprint density at radius 2 is 1.79 bits per heavy atom. The van der Waals surface area contributed by atoms with Crippen molar-refractivity contribution in [2.45, 2.75) is 33.2 Å². The van der Waals surface area contributed by atoms with E-state index in [1.807, 2.05) is 0 Å². The van der Waals surface area contributed by atoms with Gasteiger partial charge in [-0.25, -0.2) is 13.2 Å². The van der Waals surface area contributed by atoms with E-state index < -0.39 is 21.9 Å². The van der Waals surface area contributed by atoms with Gasteiger partial charge in [0.1, 0.15) is 11.8 Å². The van der Waals surface area contributed by atoms with Gasteiger partial charge in [-0.15, -0.1) is 6.42 Å². The number of hydrogen-bond donors (Lipinski definition) is 1. The fraction of sp³-hybridized carbons (Fsp3) is 0.800. The van der Waals surface area contributed by atoms with Crippen LogP contribution in [0.5, 0.6) is 0 Å². The number of hydrogen-bond acceptors (Lipinski definition) is 5. The van der Waals surface area contributed by atoms with Gasteiger partial charge in [-0.2, -0.15) is 6.92 Å². The van der Waals surface area contributed by atoms with Crippen LogP contribution in [0.1, 0.15) is 27.2 Å². The third kappa shape index (κ3) is 8.88. The molecule has 1 heterocycles. The Hall–Kier alpha value is -0.0461. The van der Waals surface area contributed by atoms with E-state index >= 15 is 0 Å². The summed E-state index contributed by atoms with van der Waals surface area (Å²) in [7, 11) is -3.41. The average molecular weight is 436 g/mol. The summed E-state index contributed by atoms with van der Waals surface area (Å²) in [6.45, 7) is 7.10. The van der Waals surface area contributed by atoms with Crippen molar-refractivity contribution in [2.24, 2.45) is 5.92 Å². The normalized spacial score (nSPS) is 16.4. The summed E-state index contributed by atoms with van der Waals surface area (Å²) in [5, 5.41) is 2.58. The molecule has 0 unspecified atom stereocenters. The number of rotatable bonds is 8. The monoisotopic (exact) mass is 436 g/mol. The first-order chi connectivity index (χ1) is 10.7. The fourth-order valence-corrected chi connectivity index (χ4v) is 4.32. The molecule has 0 aliphatic carbocycles. The number of Topliss-reactive ketones (excluding diaryl/α,β-unsaturated/α-hetero) is 1. The van der Waals surface area contributed by atoms with E-state index in [-0.39, 0.29) is 62.3 Å². The SMILES string of the molecule is C[CH-]CC(=O)[C@H](CS(=O)(=O)CC(C)C)NC(=O)N1CCOCC1.[Y]. The van der Waals surface area contributed by atoms with Crippen LogP contribution >= 0.6 is 0 Å². The Bertz CT molecular complexity index is 504. The number of nitrogens with zero attached hydrogens (tertiary/aromatic N) is 1. The molecule has 9 heteroatoms. The Morgan fingerprint density at radius 3 is 2.29 bits per heavy atom. The molecule has 1 atom stereocenters. The molecule has 7 nitrogen and oxygen atoms in total. The van der Waals surface area contributed by atoms with Gasteiger partial charge in [-0.1, -0.05) is 13.8 Å². The Labute approximate surface area is 170 Å². The fourth-order valence-electron chi connectivity index (χ4n) is 2.40. The zero-order valence-corrected chi connectivity index (χ0v) is 18.3. The Kier molecular flexibility index (Phi) is 11.5. The largest absolute Gasteiger partial charge is 0.378 e. The van der Waals surface area contributed by atoms with E-state index in [9.17, 15) is 18.0 Å². The van der Waals surface area contributed by atoms with E-state index in [0.29, 0.717) is 26.3 Å². The Morgan fingerprint density at radius 1 is 1.21 bits per heavy atom. The van der Waals surface area contributed by atoms with E-state index in [4.69, 9.17) is 4.74 Å². The van der Waals surface area contributed by atoms with Crippen molar-refractivity contribution in [3.8, 4) is 0 Å². The third-order valence-electron chi connectivity index (χ3n) is 3.40. The maximum Gasteiger partial charge on any atom is 0.318 e. The summed E-state index contributed by atoms with van der Waals surface area (Å²) >= 11 is 0. The van der Waals surface area contributed by atoms with Gasteiger partial charge < -0.3 is 26.2 Å². The molecule has 0 spiro atoms. The number of carbonyl (C=O) groups excluding carboxylic acids is 2. The molecule has 0 aromatic rings. The van der Waals surface area contributed by atoms with Gasteiger partial charge in [0.25, 0.3) is 0 Å². The summed E-state index contributed by atoms with van der Waals surface area (Å²) < 4.78 is 29.5. The molecular weight excluding hydrogens is 409 g/mol. The smallest absolute Gasteiger partial charge is 0.318 e. The maximum absolute atomic E-state index is 12.2. The maximum atomic E-state index is 12.2. The molecule has 1 aliphatic heterocycles. The van der Waals surface area contributed by atoms with Crippen LogP contribution in [0.4, 0.5) is 4.79 Å². The van der Waals surface area contributed by atoms with Gasteiger partial charge in [-0.05, 0) is 5.92 Å². The van der Waals surface area contributed by atoms with Crippen molar-refractivity contribution in [3.05, 3.63) is 6.42 Å². The number of ether oxygens (including phenoxy) is 1. The van der Waals surface area contributed by atoms with Crippen molar-refractivity contribution < 1.29 is 55.5 Å². The van der Waals surface area contributed by atoms with Crippen molar-refractivity contribution in [1.29, 1.82) is 0 Å². The van der Waals surface area contributed by atoms with E-state index in [2.05, 4.69) is 5.32 Å². The first-order valence-corrected chi connectivity index (χ1v) is 9.71. The van der Waals surface area contributed by atoms with Gasteiger partial charge in [0, 0.05) is 45.8 Å². The topological polar surface area (TPSA) is 92.8 Å². The van der Waals surface area contributed by atoms with Crippen LogP contribution in [0.25, 0.3) is 0 Å². The van der Waals surface area contributed by atoms with Crippen LogP contribution in [0.2, 0.25) is 0 Å². The number of ketones is 1. The van der Waals surface area contributed by atoms with Crippen LogP contribution in [0.3, 0.4) is 0 Å². The second kappa shape index (κ2) is 11.5. The van der Waals surface area contributed by atoms with Crippen molar-refractivity contribution in [3.63, 3.8) is 0 Å². The Balaban J connectivity index is 0.00000529. The van der Waals surface area contributed by atoms with Gasteiger partial charge in [0.15, 0.2) is 9.84 Å². The summed E-state index contributed by atoms with van der Waals surface area (Å²) in [5.41, 5.74) is 0. The molecule has 1 rings (SSSR count). The number of amides is 2. The quantitative estimate of drug-likeness (QED) is 0.564. The molecule has 1 fully saturated rings. The molecular formula is C15H27N2O5SY-. The van der Waals surface area contributed by atoms with Gasteiger partial charge in [-0.3, -0.25) is 0 Å². The van der Waals surface area contributed by atoms with E-state index in [1.54, 1.807) is 27.2 Å². The number of nitrogens with one attached hydrogen (secondary N) is 1. The first-order valence-electron chi connectivity index (χ1n) is 7.89. The van der Waals surface area contributed by atoms with E-state index in [0.717, 1.165) is 0 Å². The second-order valence-corrected chi connectivity index (χ2v) is 8.30. The molecule has 0 aromatic carbocycles. The predicted octanol–water partition coefficient (Wildman–Crippen LogP) is 0.648. The summed E-state index contributed by atoms with van der Waals surface area (Å²) in [6, 6.07) is -1.42. The van der Waals surface area contributed by atoms with Crippen molar-refractivity contribution in [1.82, 2.24) is 10.2 Å². The zero-order valence-electron chi connectivity index (χ0n) is 14.7. The molecule has 1 aliphatic rings.